The van der Waals surface area contributed by atoms with Gasteiger partial charge in [0.1, 0.15) is 5.75 Å². The van der Waals surface area contributed by atoms with Gasteiger partial charge in [-0.2, -0.15) is 0 Å². The number of piperazine rings is 1. The molecule has 2 aliphatic heterocycles. The first-order chi connectivity index (χ1) is 14.6. The largest absolute Gasteiger partial charge is 0.497 e. The number of amides is 2. The van der Waals surface area contributed by atoms with Crippen molar-refractivity contribution in [3.63, 3.8) is 0 Å². The number of carbonyl (C=O) groups is 2. The topological polar surface area (TPSA) is 53.1 Å². The van der Waals surface area contributed by atoms with E-state index in [1.165, 1.54) is 5.56 Å². The summed E-state index contributed by atoms with van der Waals surface area (Å²) < 4.78 is 5.21. The van der Waals surface area contributed by atoms with Crippen LogP contribution in [0, 0.1) is 0 Å². The van der Waals surface area contributed by atoms with Gasteiger partial charge in [-0.1, -0.05) is 24.3 Å². The predicted molar refractivity (Wildman–Crippen MR) is 115 cm³/mol. The highest BCUT2D eigenvalue weighted by molar-refractivity contribution is 5.94. The van der Waals surface area contributed by atoms with Gasteiger partial charge in [-0.3, -0.25) is 14.5 Å². The molecule has 0 spiro atoms. The van der Waals surface area contributed by atoms with E-state index >= 15 is 0 Å². The molecule has 0 atom stereocenters. The molecule has 2 fully saturated rings. The van der Waals surface area contributed by atoms with Crippen LogP contribution in [0.5, 0.6) is 5.75 Å². The van der Waals surface area contributed by atoms with Crippen LogP contribution in [-0.4, -0.2) is 66.3 Å². The standard InChI is InChI=1S/C24H29N3O3/c1-30-22-10-6-19(7-11-22)17-25-13-15-26(16-14-25)24(29)21-8-4-20(5-9-21)18-27-12-2-3-23(27)28/h4-11H,2-3,12-18H2,1H3. The van der Waals surface area contributed by atoms with Crippen LogP contribution in [0.2, 0.25) is 0 Å². The summed E-state index contributed by atoms with van der Waals surface area (Å²) >= 11 is 0. The van der Waals surface area contributed by atoms with E-state index in [-0.39, 0.29) is 11.8 Å². The summed E-state index contributed by atoms with van der Waals surface area (Å²) in [4.78, 5) is 30.9. The Kier molecular flexibility index (Phi) is 6.33. The van der Waals surface area contributed by atoms with Crippen LogP contribution in [-0.2, 0) is 17.9 Å². The lowest BCUT2D eigenvalue weighted by Crippen LogP contribution is -2.48. The zero-order valence-electron chi connectivity index (χ0n) is 17.5. The quantitative estimate of drug-likeness (QED) is 0.739. The first-order valence-corrected chi connectivity index (χ1v) is 10.6. The summed E-state index contributed by atoms with van der Waals surface area (Å²) in [5.41, 5.74) is 3.05. The number of carbonyl (C=O) groups excluding carboxylic acids is 2. The van der Waals surface area contributed by atoms with E-state index in [1.807, 2.05) is 46.2 Å². The Balaban J connectivity index is 1.27. The summed E-state index contributed by atoms with van der Waals surface area (Å²) in [5.74, 6) is 1.18. The molecule has 6 heteroatoms. The number of nitrogens with zero attached hydrogens (tertiary/aromatic N) is 3. The van der Waals surface area contributed by atoms with E-state index in [0.29, 0.717) is 13.0 Å². The SMILES string of the molecule is COc1ccc(CN2CCN(C(=O)c3ccc(CN4CCCC4=O)cc3)CC2)cc1. The summed E-state index contributed by atoms with van der Waals surface area (Å²) in [7, 11) is 1.67. The second-order valence-corrected chi connectivity index (χ2v) is 8.03. The number of hydrogen-bond donors (Lipinski definition) is 0. The van der Waals surface area contributed by atoms with Gasteiger partial charge in [0.2, 0.25) is 5.91 Å². The van der Waals surface area contributed by atoms with Gasteiger partial charge in [-0.05, 0) is 41.8 Å². The van der Waals surface area contributed by atoms with Gasteiger partial charge >= 0.3 is 0 Å². The summed E-state index contributed by atoms with van der Waals surface area (Å²) in [5, 5.41) is 0. The molecule has 0 radical (unpaired) electrons. The van der Waals surface area contributed by atoms with Crippen LogP contribution in [0.15, 0.2) is 48.5 Å². The van der Waals surface area contributed by atoms with Crippen LogP contribution in [0.3, 0.4) is 0 Å². The van der Waals surface area contributed by atoms with Gasteiger partial charge in [-0.25, -0.2) is 0 Å². The molecule has 0 N–H and O–H groups in total. The molecule has 6 nitrogen and oxygen atoms in total. The third-order valence-electron chi connectivity index (χ3n) is 5.97. The third kappa shape index (κ3) is 4.82. The zero-order valence-corrected chi connectivity index (χ0v) is 17.5. The highest BCUT2D eigenvalue weighted by Crippen LogP contribution is 2.17. The number of likely N-dealkylation sites (tertiary alicyclic amines) is 1. The van der Waals surface area contributed by atoms with Gasteiger partial charge in [0.25, 0.3) is 5.91 Å². The van der Waals surface area contributed by atoms with E-state index in [4.69, 9.17) is 4.74 Å². The average molecular weight is 408 g/mol. The van der Waals surface area contributed by atoms with Gasteiger partial charge in [0.15, 0.2) is 0 Å². The molecule has 158 valence electrons. The highest BCUT2D eigenvalue weighted by atomic mass is 16.5. The van der Waals surface area contributed by atoms with Crippen molar-refractivity contribution in [2.45, 2.75) is 25.9 Å². The maximum atomic E-state index is 12.9. The van der Waals surface area contributed by atoms with E-state index in [0.717, 1.165) is 62.6 Å². The molecule has 0 unspecified atom stereocenters. The predicted octanol–water partition coefficient (Wildman–Crippen LogP) is 2.78. The molecule has 0 saturated carbocycles. The monoisotopic (exact) mass is 407 g/mol. The smallest absolute Gasteiger partial charge is 0.253 e. The minimum Gasteiger partial charge on any atom is -0.497 e. The van der Waals surface area contributed by atoms with Crippen LogP contribution >= 0.6 is 0 Å². The van der Waals surface area contributed by atoms with Crippen molar-refractivity contribution >= 4 is 11.8 Å². The maximum absolute atomic E-state index is 12.9. The Bertz CT molecular complexity index is 872. The molecule has 2 aliphatic rings. The first-order valence-electron chi connectivity index (χ1n) is 10.6. The number of benzene rings is 2. The minimum absolute atomic E-state index is 0.0860. The van der Waals surface area contributed by atoms with E-state index in [9.17, 15) is 9.59 Å². The Hall–Kier alpha value is -2.86. The number of ether oxygens (including phenoxy) is 1. The van der Waals surface area contributed by atoms with Crippen molar-refractivity contribution in [1.29, 1.82) is 0 Å². The van der Waals surface area contributed by atoms with Gasteiger partial charge in [0, 0.05) is 57.8 Å². The Morgan fingerprint density at radius 3 is 2.10 bits per heavy atom. The number of hydrogen-bond acceptors (Lipinski definition) is 4. The number of methoxy groups -OCH3 is 1. The molecule has 2 heterocycles. The van der Waals surface area contributed by atoms with E-state index in [1.54, 1.807) is 7.11 Å². The molecule has 0 aliphatic carbocycles. The molecular formula is C24H29N3O3. The van der Waals surface area contributed by atoms with E-state index < -0.39 is 0 Å². The van der Waals surface area contributed by atoms with Crippen molar-refractivity contribution < 1.29 is 14.3 Å². The molecule has 0 aromatic heterocycles. The maximum Gasteiger partial charge on any atom is 0.253 e. The molecule has 30 heavy (non-hydrogen) atoms. The molecule has 4 rings (SSSR count). The van der Waals surface area contributed by atoms with Crippen LogP contribution in [0.1, 0.15) is 34.3 Å². The lowest BCUT2D eigenvalue weighted by molar-refractivity contribution is -0.128. The van der Waals surface area contributed by atoms with Gasteiger partial charge < -0.3 is 14.5 Å². The lowest BCUT2D eigenvalue weighted by Gasteiger charge is -2.34. The fourth-order valence-corrected chi connectivity index (χ4v) is 4.13. The highest BCUT2D eigenvalue weighted by Gasteiger charge is 2.23. The average Bonchev–Trinajstić information content (AvgIpc) is 3.19. The van der Waals surface area contributed by atoms with Crippen molar-refractivity contribution in [1.82, 2.24) is 14.7 Å². The van der Waals surface area contributed by atoms with Crippen molar-refractivity contribution in [2.75, 3.05) is 39.8 Å². The first kappa shape index (κ1) is 20.4. The molecule has 2 aromatic rings. The molecule has 2 aromatic carbocycles. The van der Waals surface area contributed by atoms with Crippen LogP contribution in [0.4, 0.5) is 0 Å². The number of rotatable bonds is 6. The second-order valence-electron chi connectivity index (χ2n) is 8.03. The molecule has 2 amide bonds. The summed E-state index contributed by atoms with van der Waals surface area (Å²) in [6, 6.07) is 15.9. The van der Waals surface area contributed by atoms with Gasteiger partial charge in [-0.15, -0.1) is 0 Å². The van der Waals surface area contributed by atoms with Crippen molar-refractivity contribution in [3.8, 4) is 5.75 Å². The van der Waals surface area contributed by atoms with Gasteiger partial charge in [0.05, 0.1) is 7.11 Å². The Labute approximate surface area is 178 Å². The lowest BCUT2D eigenvalue weighted by atomic mass is 10.1. The molecule has 0 bridgehead atoms. The fourth-order valence-electron chi connectivity index (χ4n) is 4.13. The normalized spacial score (nSPS) is 17.4. The second kappa shape index (κ2) is 9.30. The fraction of sp³-hybridized carbons (Fsp3) is 0.417. The van der Waals surface area contributed by atoms with Crippen molar-refractivity contribution in [2.24, 2.45) is 0 Å². The summed E-state index contributed by atoms with van der Waals surface area (Å²) in [6.45, 7) is 5.56. The Morgan fingerprint density at radius 1 is 0.867 bits per heavy atom. The third-order valence-corrected chi connectivity index (χ3v) is 5.97. The van der Waals surface area contributed by atoms with Crippen LogP contribution < -0.4 is 4.74 Å². The van der Waals surface area contributed by atoms with Crippen LogP contribution in [0.25, 0.3) is 0 Å². The molecular weight excluding hydrogens is 378 g/mol. The minimum atomic E-state index is 0.0860. The van der Waals surface area contributed by atoms with E-state index in [2.05, 4.69) is 17.0 Å². The molecule has 2 saturated heterocycles. The summed E-state index contributed by atoms with van der Waals surface area (Å²) in [6.07, 6.45) is 1.60. The Morgan fingerprint density at radius 2 is 1.50 bits per heavy atom. The van der Waals surface area contributed by atoms with Crippen molar-refractivity contribution in [3.05, 3.63) is 65.2 Å². The zero-order chi connectivity index (χ0) is 20.9.